The van der Waals surface area contributed by atoms with Gasteiger partial charge in [-0.25, -0.2) is 8.42 Å². The Kier molecular flexibility index (Phi) is 1.36. The van der Waals surface area contributed by atoms with Crippen LogP contribution in [0.5, 0.6) is 0 Å². The first-order chi connectivity index (χ1) is 5.50. The summed E-state index contributed by atoms with van der Waals surface area (Å²) in [7, 11) is -3.10. The van der Waals surface area contributed by atoms with E-state index in [1.165, 1.54) is 4.90 Å². The number of nitrogens with zero attached hydrogens (tertiary/aromatic N) is 1. The van der Waals surface area contributed by atoms with Gasteiger partial charge in [0, 0.05) is 6.54 Å². The Morgan fingerprint density at radius 2 is 2.17 bits per heavy atom. The Morgan fingerprint density at radius 1 is 1.50 bits per heavy atom. The van der Waals surface area contributed by atoms with Gasteiger partial charge < -0.3 is 4.90 Å². The summed E-state index contributed by atoms with van der Waals surface area (Å²) >= 11 is 0. The molecule has 1 amide bonds. The summed E-state index contributed by atoms with van der Waals surface area (Å²) in [5.74, 6) is -0.0361. The Morgan fingerprint density at radius 3 is 2.75 bits per heavy atom. The maximum absolute atomic E-state index is 11.3. The lowest BCUT2D eigenvalue weighted by molar-refractivity contribution is -0.141. The van der Waals surface area contributed by atoms with Crippen molar-refractivity contribution < 1.29 is 13.2 Å². The zero-order valence-electron chi connectivity index (χ0n) is 6.49. The minimum atomic E-state index is -3.10. The number of hydrogen-bond donors (Lipinski definition) is 0. The smallest absolute Gasteiger partial charge is 0.227 e. The molecule has 0 radical (unpaired) electrons. The van der Waals surface area contributed by atoms with Crippen LogP contribution in [0.3, 0.4) is 0 Å². The van der Waals surface area contributed by atoms with Gasteiger partial charge in [-0.1, -0.05) is 6.58 Å². The fourth-order valence-electron chi connectivity index (χ4n) is 1.60. The van der Waals surface area contributed by atoms with Crippen molar-refractivity contribution in [3.8, 4) is 0 Å². The van der Waals surface area contributed by atoms with Gasteiger partial charge in [0.05, 0.1) is 12.2 Å². The first-order valence-electron chi connectivity index (χ1n) is 3.68. The number of hydrogen-bond acceptors (Lipinski definition) is 3. The van der Waals surface area contributed by atoms with Crippen LogP contribution in [-0.2, 0) is 14.6 Å². The molecular formula is C7H9NO3S. The summed E-state index contributed by atoms with van der Waals surface area (Å²) in [6.45, 7) is 4.01. The largest absolute Gasteiger partial charge is 0.321 e. The van der Waals surface area contributed by atoms with Crippen LogP contribution >= 0.6 is 0 Å². The summed E-state index contributed by atoms with van der Waals surface area (Å²) in [6, 6.07) is 0. The van der Waals surface area contributed by atoms with Crippen molar-refractivity contribution in [2.75, 3.05) is 12.3 Å². The van der Waals surface area contributed by atoms with Gasteiger partial charge in [-0.15, -0.1) is 0 Å². The lowest BCUT2D eigenvalue weighted by Crippen LogP contribution is -2.60. The van der Waals surface area contributed by atoms with Crippen LogP contribution in [0.25, 0.3) is 0 Å². The summed E-state index contributed by atoms with van der Waals surface area (Å²) in [6.07, 6.45) is 0.162. The number of fused-ring (bicyclic) bond motifs is 1. The predicted molar refractivity (Wildman–Crippen MR) is 43.0 cm³/mol. The van der Waals surface area contributed by atoms with Crippen LogP contribution < -0.4 is 0 Å². The van der Waals surface area contributed by atoms with E-state index in [1.807, 2.05) is 0 Å². The highest BCUT2D eigenvalue weighted by Crippen LogP contribution is 2.30. The van der Waals surface area contributed by atoms with Crippen molar-refractivity contribution in [1.29, 1.82) is 0 Å². The third-order valence-electron chi connectivity index (χ3n) is 2.23. The molecule has 66 valence electrons. The second kappa shape index (κ2) is 2.10. The third-order valence-corrected chi connectivity index (χ3v) is 4.29. The van der Waals surface area contributed by atoms with Gasteiger partial charge in [0.1, 0.15) is 5.37 Å². The average Bonchev–Trinajstić information content (AvgIpc) is 1.92. The molecule has 12 heavy (non-hydrogen) atoms. The summed E-state index contributed by atoms with van der Waals surface area (Å²) in [5, 5.41) is -0.546. The molecule has 0 unspecified atom stereocenters. The molecule has 2 aliphatic rings. The van der Waals surface area contributed by atoms with E-state index in [0.717, 1.165) is 0 Å². The van der Waals surface area contributed by atoms with Crippen molar-refractivity contribution in [3.63, 3.8) is 0 Å². The van der Waals surface area contributed by atoms with Gasteiger partial charge in [0.2, 0.25) is 5.91 Å². The summed E-state index contributed by atoms with van der Waals surface area (Å²) in [4.78, 5) is 12.3. The SMILES string of the molecule is C=C1CN2C(=O)C[C@H]2S(=O)(=O)C1. The van der Waals surface area contributed by atoms with Gasteiger partial charge in [0.25, 0.3) is 0 Å². The highest BCUT2D eigenvalue weighted by atomic mass is 32.2. The summed E-state index contributed by atoms with van der Waals surface area (Å²) < 4.78 is 22.7. The zero-order chi connectivity index (χ0) is 8.93. The predicted octanol–water partition coefficient (Wildman–Crippen LogP) is -0.471. The number of sulfone groups is 1. The molecule has 1 atom stereocenters. The summed E-state index contributed by atoms with van der Waals surface area (Å²) in [5.41, 5.74) is 0.610. The minimum absolute atomic E-state index is 0.0431. The standard InChI is InChI=1S/C7H9NO3S/c1-5-3-8-6(9)2-7(8)12(10,11)4-5/h7H,1-4H2/t7-/m1/s1. The zero-order valence-corrected chi connectivity index (χ0v) is 7.30. The van der Waals surface area contributed by atoms with Crippen molar-refractivity contribution in [1.82, 2.24) is 4.90 Å². The maximum atomic E-state index is 11.3. The van der Waals surface area contributed by atoms with E-state index in [-0.39, 0.29) is 18.1 Å². The lowest BCUT2D eigenvalue weighted by Gasteiger charge is -2.43. The van der Waals surface area contributed by atoms with Gasteiger partial charge >= 0.3 is 0 Å². The van der Waals surface area contributed by atoms with E-state index in [9.17, 15) is 13.2 Å². The molecule has 0 aromatic carbocycles. The van der Waals surface area contributed by atoms with E-state index in [0.29, 0.717) is 12.1 Å². The number of carbonyl (C=O) groups is 1. The van der Waals surface area contributed by atoms with Gasteiger partial charge in [-0.3, -0.25) is 4.79 Å². The first-order valence-corrected chi connectivity index (χ1v) is 5.40. The number of amides is 1. The first kappa shape index (κ1) is 7.79. The van der Waals surface area contributed by atoms with Gasteiger partial charge in [-0.2, -0.15) is 0 Å². The molecule has 2 fully saturated rings. The van der Waals surface area contributed by atoms with E-state index in [2.05, 4.69) is 6.58 Å². The second-order valence-electron chi connectivity index (χ2n) is 3.24. The molecule has 0 N–H and O–H groups in total. The Labute approximate surface area is 70.8 Å². The van der Waals surface area contributed by atoms with E-state index in [4.69, 9.17) is 0 Å². The number of carbonyl (C=O) groups excluding carboxylic acids is 1. The van der Waals surface area contributed by atoms with Crippen LogP contribution in [0.2, 0.25) is 0 Å². The van der Waals surface area contributed by atoms with E-state index in [1.54, 1.807) is 0 Å². The quantitative estimate of drug-likeness (QED) is 0.380. The molecule has 2 rings (SSSR count). The molecule has 2 heterocycles. The van der Waals surface area contributed by atoms with Crippen molar-refractivity contribution in [3.05, 3.63) is 12.2 Å². The molecule has 0 bridgehead atoms. The van der Waals surface area contributed by atoms with Gasteiger partial charge in [-0.05, 0) is 5.57 Å². The van der Waals surface area contributed by atoms with Crippen molar-refractivity contribution in [2.45, 2.75) is 11.8 Å². The van der Waals surface area contributed by atoms with E-state index >= 15 is 0 Å². The Hall–Kier alpha value is -0.840. The van der Waals surface area contributed by atoms with Crippen LogP contribution in [0.4, 0.5) is 0 Å². The fourth-order valence-corrected chi connectivity index (χ4v) is 3.43. The normalized spacial score (nSPS) is 32.7. The molecular weight excluding hydrogens is 178 g/mol. The van der Waals surface area contributed by atoms with Gasteiger partial charge in [0.15, 0.2) is 9.84 Å². The minimum Gasteiger partial charge on any atom is -0.321 e. The fraction of sp³-hybridized carbons (Fsp3) is 0.571. The lowest BCUT2D eigenvalue weighted by atomic mass is 10.1. The molecule has 0 aliphatic carbocycles. The highest BCUT2D eigenvalue weighted by Gasteiger charge is 2.47. The molecule has 0 aromatic rings. The third kappa shape index (κ3) is 0.891. The molecule has 2 saturated heterocycles. The molecule has 0 aromatic heterocycles. The molecule has 0 spiro atoms. The van der Waals surface area contributed by atoms with Crippen LogP contribution in [0, 0.1) is 0 Å². The second-order valence-corrected chi connectivity index (χ2v) is 5.40. The van der Waals surface area contributed by atoms with Crippen molar-refractivity contribution >= 4 is 15.7 Å². The number of β-lactam (4-membered cyclic amide) rings is 1. The topological polar surface area (TPSA) is 54.5 Å². The van der Waals surface area contributed by atoms with Crippen LogP contribution in [0.1, 0.15) is 6.42 Å². The Bertz CT molecular complexity index is 357. The monoisotopic (exact) mass is 187 g/mol. The maximum Gasteiger partial charge on any atom is 0.227 e. The highest BCUT2D eigenvalue weighted by molar-refractivity contribution is 7.92. The number of rotatable bonds is 0. The Balaban J connectivity index is 2.34. The average molecular weight is 187 g/mol. The molecule has 5 heteroatoms. The molecule has 4 nitrogen and oxygen atoms in total. The molecule has 0 saturated carbocycles. The molecule has 2 aliphatic heterocycles. The van der Waals surface area contributed by atoms with Crippen LogP contribution in [-0.4, -0.2) is 36.9 Å². The van der Waals surface area contributed by atoms with Crippen LogP contribution in [0.15, 0.2) is 12.2 Å². The van der Waals surface area contributed by atoms with E-state index < -0.39 is 15.2 Å². The van der Waals surface area contributed by atoms with Crippen molar-refractivity contribution in [2.24, 2.45) is 0 Å².